The summed E-state index contributed by atoms with van der Waals surface area (Å²) in [6.45, 7) is 1.83. The summed E-state index contributed by atoms with van der Waals surface area (Å²) in [4.78, 5) is 19.9. The summed E-state index contributed by atoms with van der Waals surface area (Å²) in [7, 11) is 1.72. The van der Waals surface area contributed by atoms with Crippen molar-refractivity contribution in [2.45, 2.75) is 32.1 Å². The first-order valence-electron chi connectivity index (χ1n) is 10.4. The Balaban J connectivity index is 1.57. The van der Waals surface area contributed by atoms with Crippen LogP contribution in [0.4, 0.5) is 23.7 Å². The van der Waals surface area contributed by atoms with Crippen LogP contribution < -0.4 is 10.7 Å². The second-order valence-electron chi connectivity index (χ2n) is 8.09. The van der Waals surface area contributed by atoms with Crippen LogP contribution in [0.25, 0.3) is 0 Å². The molecule has 2 aromatic rings. The predicted octanol–water partition coefficient (Wildman–Crippen LogP) is 3.35. The number of aromatic nitrogens is 1. The lowest BCUT2D eigenvalue weighted by Gasteiger charge is -2.34. The van der Waals surface area contributed by atoms with Gasteiger partial charge in [0.25, 0.3) is 0 Å². The number of nitrogens with one attached hydrogen (secondary N) is 2. The van der Waals surface area contributed by atoms with Crippen LogP contribution in [0.2, 0.25) is 0 Å². The fraction of sp³-hybridized carbons (Fsp3) is 0.409. The minimum absolute atomic E-state index is 0.213. The number of carbonyl (C=O) groups is 1. The zero-order valence-electron chi connectivity index (χ0n) is 17.9. The van der Waals surface area contributed by atoms with Gasteiger partial charge in [-0.2, -0.15) is 18.3 Å². The van der Waals surface area contributed by atoms with Gasteiger partial charge >= 0.3 is 12.2 Å². The van der Waals surface area contributed by atoms with Crippen LogP contribution in [0.15, 0.2) is 41.6 Å². The molecule has 1 unspecified atom stereocenters. The summed E-state index contributed by atoms with van der Waals surface area (Å²) in [6, 6.07) is 8.98. The first-order valence-corrected chi connectivity index (χ1v) is 10.4. The Bertz CT molecular complexity index is 1040. The van der Waals surface area contributed by atoms with E-state index in [4.69, 9.17) is 0 Å². The van der Waals surface area contributed by atoms with E-state index in [2.05, 4.69) is 20.8 Å². The number of benzene rings is 1. The molecule has 4 rings (SSSR count). The smallest absolute Gasteiger partial charge is 0.316 e. The van der Waals surface area contributed by atoms with Gasteiger partial charge in [0.05, 0.1) is 12.3 Å². The molecule has 2 N–H and O–H groups in total. The Kier molecular flexibility index (Phi) is 6.05. The highest BCUT2D eigenvalue weighted by atomic mass is 19.4. The van der Waals surface area contributed by atoms with Crippen LogP contribution in [0, 0.1) is 6.92 Å². The molecule has 2 amide bonds. The van der Waals surface area contributed by atoms with Crippen molar-refractivity contribution in [3.05, 3.63) is 58.9 Å². The molecule has 0 aliphatic carbocycles. The molecule has 1 aromatic heterocycles. The second-order valence-corrected chi connectivity index (χ2v) is 8.09. The third kappa shape index (κ3) is 4.85. The van der Waals surface area contributed by atoms with E-state index in [-0.39, 0.29) is 18.6 Å². The van der Waals surface area contributed by atoms with Gasteiger partial charge < -0.3 is 15.6 Å². The third-order valence-corrected chi connectivity index (χ3v) is 5.71. The maximum atomic E-state index is 12.7. The zero-order chi connectivity index (χ0) is 22.9. The van der Waals surface area contributed by atoms with Crippen molar-refractivity contribution >= 4 is 17.4 Å². The van der Waals surface area contributed by atoms with Gasteiger partial charge in [0.15, 0.2) is 0 Å². The maximum Gasteiger partial charge on any atom is 0.401 e. The lowest BCUT2D eigenvalue weighted by Crippen LogP contribution is -2.47. The topological polar surface area (TPSA) is 72.9 Å². The van der Waals surface area contributed by atoms with Gasteiger partial charge in [-0.1, -0.05) is 6.07 Å². The monoisotopic (exact) mass is 446 g/mol. The number of fused-ring (bicyclic) bond motifs is 1. The summed E-state index contributed by atoms with van der Waals surface area (Å²) in [5.41, 5.74) is 7.81. The molecule has 7 nitrogen and oxygen atoms in total. The quantitative estimate of drug-likeness (QED) is 0.546. The Hall–Kier alpha value is -3.14. The molecule has 0 bridgehead atoms. The average Bonchev–Trinajstić information content (AvgIpc) is 3.17. The van der Waals surface area contributed by atoms with E-state index in [1.165, 1.54) is 4.90 Å². The van der Waals surface area contributed by atoms with Crippen molar-refractivity contribution in [3.8, 4) is 0 Å². The normalized spacial score (nSPS) is 19.7. The predicted molar refractivity (Wildman–Crippen MR) is 116 cm³/mol. The Labute approximate surface area is 184 Å². The lowest BCUT2D eigenvalue weighted by molar-refractivity contribution is -0.143. The first-order chi connectivity index (χ1) is 15.2. The molecule has 1 atom stereocenters. The average molecular weight is 446 g/mol. The fourth-order valence-corrected chi connectivity index (χ4v) is 4.30. The number of nitrogens with zero attached hydrogens (tertiary/aromatic N) is 4. The molecule has 0 spiro atoms. The Morgan fingerprint density at radius 3 is 2.78 bits per heavy atom. The van der Waals surface area contributed by atoms with Crippen LogP contribution in [0.3, 0.4) is 0 Å². The number of alkyl halides is 3. The van der Waals surface area contributed by atoms with Crippen molar-refractivity contribution in [3.63, 3.8) is 0 Å². The third-order valence-electron chi connectivity index (χ3n) is 5.71. The van der Waals surface area contributed by atoms with Crippen molar-refractivity contribution in [1.29, 1.82) is 0 Å². The molecule has 0 radical (unpaired) electrons. The maximum absolute atomic E-state index is 12.7. The van der Waals surface area contributed by atoms with E-state index in [1.54, 1.807) is 18.1 Å². The first kappa shape index (κ1) is 22.1. The molecule has 0 saturated carbocycles. The Morgan fingerprint density at radius 1 is 1.28 bits per heavy atom. The van der Waals surface area contributed by atoms with Crippen molar-refractivity contribution < 1.29 is 18.0 Å². The number of amides is 2. The number of aryl methyl sites for hydroxylation is 1. The number of hydrogen-bond acceptors (Lipinski definition) is 5. The van der Waals surface area contributed by atoms with E-state index >= 15 is 0 Å². The zero-order valence-corrected chi connectivity index (χ0v) is 17.9. The molecule has 1 saturated heterocycles. The van der Waals surface area contributed by atoms with Crippen LogP contribution >= 0.6 is 0 Å². The van der Waals surface area contributed by atoms with Crippen LogP contribution in [-0.4, -0.2) is 65.4 Å². The van der Waals surface area contributed by atoms with Gasteiger partial charge in [-0.3, -0.25) is 9.88 Å². The number of pyridine rings is 1. The highest BCUT2D eigenvalue weighted by Gasteiger charge is 2.38. The number of carbonyl (C=O) groups excluding carboxylic acids is 1. The molecule has 2 aliphatic heterocycles. The van der Waals surface area contributed by atoms with E-state index < -0.39 is 12.7 Å². The number of hydrogen-bond donors (Lipinski definition) is 2. The molecule has 2 aliphatic rings. The molecule has 3 heterocycles. The summed E-state index contributed by atoms with van der Waals surface area (Å²) in [5.74, 6) is 0. The van der Waals surface area contributed by atoms with Gasteiger partial charge in [-0.25, -0.2) is 4.79 Å². The molecule has 10 heteroatoms. The minimum atomic E-state index is -4.24. The number of halogens is 3. The van der Waals surface area contributed by atoms with Gasteiger partial charge in [-0.05, 0) is 43.2 Å². The number of anilines is 1. The highest BCUT2D eigenvalue weighted by molar-refractivity contribution is 6.13. The molecule has 32 heavy (non-hydrogen) atoms. The van der Waals surface area contributed by atoms with E-state index in [0.717, 1.165) is 28.1 Å². The number of urea groups is 1. The standard InChI is InChI=1S/C22H25F3N6O/c1-14-9-16(5-7-27-14)20(29-26-2)15-3-4-19-17(10-15)11-31(21(32)28-19)18-6-8-30(12-18)13-22(23,24)25/h3-5,7,9-10,18,26H,6,8,11-13H2,1-2H3,(H,28,32)/b29-20+. The van der Waals surface area contributed by atoms with Crippen molar-refractivity contribution in [2.24, 2.45) is 5.10 Å². The number of rotatable bonds is 5. The van der Waals surface area contributed by atoms with Crippen LogP contribution in [0.5, 0.6) is 0 Å². The number of hydrazone groups is 1. The largest absolute Gasteiger partial charge is 0.401 e. The summed E-state index contributed by atoms with van der Waals surface area (Å²) < 4.78 is 38.2. The molecule has 1 aromatic carbocycles. The van der Waals surface area contributed by atoms with Gasteiger partial charge in [0.1, 0.15) is 0 Å². The van der Waals surface area contributed by atoms with E-state index in [0.29, 0.717) is 25.2 Å². The number of likely N-dealkylation sites (tertiary alicyclic amines) is 1. The Morgan fingerprint density at radius 2 is 2.06 bits per heavy atom. The van der Waals surface area contributed by atoms with Gasteiger partial charge in [-0.15, -0.1) is 0 Å². The van der Waals surface area contributed by atoms with Crippen molar-refractivity contribution in [1.82, 2.24) is 20.2 Å². The highest BCUT2D eigenvalue weighted by Crippen LogP contribution is 2.30. The summed E-state index contributed by atoms with van der Waals surface area (Å²) in [5, 5.41) is 7.31. The summed E-state index contributed by atoms with van der Waals surface area (Å²) in [6.07, 6.45) is -2.00. The second kappa shape index (κ2) is 8.78. The molecule has 1 fully saturated rings. The van der Waals surface area contributed by atoms with Crippen LogP contribution in [0.1, 0.15) is 28.8 Å². The van der Waals surface area contributed by atoms with E-state index in [9.17, 15) is 18.0 Å². The van der Waals surface area contributed by atoms with Gasteiger partial charge in [0, 0.05) is 61.4 Å². The van der Waals surface area contributed by atoms with Crippen LogP contribution in [-0.2, 0) is 6.54 Å². The minimum Gasteiger partial charge on any atom is -0.316 e. The molecular formula is C22H25F3N6O. The summed E-state index contributed by atoms with van der Waals surface area (Å²) >= 11 is 0. The molecule has 170 valence electrons. The molecular weight excluding hydrogens is 421 g/mol. The fourth-order valence-electron chi connectivity index (χ4n) is 4.30. The van der Waals surface area contributed by atoms with Gasteiger partial charge in [0.2, 0.25) is 0 Å². The lowest BCUT2D eigenvalue weighted by atomic mass is 9.98. The van der Waals surface area contributed by atoms with Crippen molar-refractivity contribution in [2.75, 3.05) is 32.0 Å². The van der Waals surface area contributed by atoms with E-state index in [1.807, 2.05) is 37.3 Å². The SMILES string of the molecule is CN/N=C(/c1ccnc(C)c1)c1ccc2c(c1)CN(C1CCN(CC(F)(F)F)C1)C(=O)N2.